The molecule has 2 N–H and O–H groups in total. The smallest absolute Gasteiger partial charge is 0.252 e. The lowest BCUT2D eigenvalue weighted by Crippen LogP contribution is -2.21. The maximum absolute atomic E-state index is 12.1. The standard InChI is InChI=1S/C18H24N2O/c1-4-5-10-19-12-16-8-9-17(20-18(16)21)15-7-6-13(2)14(3)11-15/h6-9,11,19H,4-5,10,12H2,1-3H3,(H,20,21). The van der Waals surface area contributed by atoms with Gasteiger partial charge in [0.2, 0.25) is 0 Å². The van der Waals surface area contributed by atoms with E-state index in [0.29, 0.717) is 6.54 Å². The Morgan fingerprint density at radius 2 is 1.90 bits per heavy atom. The number of rotatable bonds is 6. The monoisotopic (exact) mass is 284 g/mol. The summed E-state index contributed by atoms with van der Waals surface area (Å²) in [6.07, 6.45) is 2.30. The summed E-state index contributed by atoms with van der Waals surface area (Å²) in [7, 11) is 0. The summed E-state index contributed by atoms with van der Waals surface area (Å²) < 4.78 is 0. The highest BCUT2D eigenvalue weighted by molar-refractivity contribution is 5.60. The van der Waals surface area contributed by atoms with Crippen molar-refractivity contribution in [3.63, 3.8) is 0 Å². The first-order valence-corrected chi connectivity index (χ1v) is 7.62. The first-order chi connectivity index (χ1) is 10.1. The zero-order chi connectivity index (χ0) is 15.2. The Balaban J connectivity index is 2.14. The average Bonchev–Trinajstić information content (AvgIpc) is 2.48. The van der Waals surface area contributed by atoms with Crippen LogP contribution in [0.2, 0.25) is 0 Å². The molecule has 3 nitrogen and oxygen atoms in total. The van der Waals surface area contributed by atoms with E-state index in [2.05, 4.69) is 43.2 Å². The highest BCUT2D eigenvalue weighted by Gasteiger charge is 2.04. The molecule has 21 heavy (non-hydrogen) atoms. The number of aromatic nitrogens is 1. The highest BCUT2D eigenvalue weighted by atomic mass is 16.1. The summed E-state index contributed by atoms with van der Waals surface area (Å²) >= 11 is 0. The fraction of sp³-hybridized carbons (Fsp3) is 0.389. The second kappa shape index (κ2) is 7.23. The van der Waals surface area contributed by atoms with Gasteiger partial charge in [0, 0.05) is 17.8 Å². The maximum atomic E-state index is 12.1. The van der Waals surface area contributed by atoms with E-state index in [-0.39, 0.29) is 5.56 Å². The number of hydrogen-bond donors (Lipinski definition) is 2. The van der Waals surface area contributed by atoms with E-state index in [1.165, 1.54) is 11.1 Å². The van der Waals surface area contributed by atoms with Crippen molar-refractivity contribution in [1.29, 1.82) is 0 Å². The second-order valence-corrected chi connectivity index (χ2v) is 5.56. The average molecular weight is 284 g/mol. The summed E-state index contributed by atoms with van der Waals surface area (Å²) in [6.45, 7) is 7.92. The number of H-pyrrole nitrogens is 1. The number of unbranched alkanes of at least 4 members (excludes halogenated alkanes) is 1. The van der Waals surface area contributed by atoms with E-state index in [1.54, 1.807) is 0 Å². The molecule has 0 atom stereocenters. The van der Waals surface area contributed by atoms with Crippen LogP contribution in [-0.4, -0.2) is 11.5 Å². The first-order valence-electron chi connectivity index (χ1n) is 7.62. The van der Waals surface area contributed by atoms with Gasteiger partial charge in [0.1, 0.15) is 0 Å². The third-order valence-corrected chi connectivity index (χ3v) is 3.83. The fourth-order valence-corrected chi connectivity index (χ4v) is 2.25. The molecule has 1 heterocycles. The molecular formula is C18H24N2O. The van der Waals surface area contributed by atoms with Gasteiger partial charge in [0.15, 0.2) is 0 Å². The van der Waals surface area contributed by atoms with Gasteiger partial charge in [-0.15, -0.1) is 0 Å². The van der Waals surface area contributed by atoms with Crippen LogP contribution < -0.4 is 10.9 Å². The molecule has 0 spiro atoms. The summed E-state index contributed by atoms with van der Waals surface area (Å²) in [5.74, 6) is 0. The van der Waals surface area contributed by atoms with Gasteiger partial charge in [-0.1, -0.05) is 31.5 Å². The molecule has 2 rings (SSSR count). The molecule has 0 aliphatic rings. The van der Waals surface area contributed by atoms with Crippen molar-refractivity contribution >= 4 is 0 Å². The topological polar surface area (TPSA) is 44.9 Å². The van der Waals surface area contributed by atoms with Crippen LogP contribution in [0.15, 0.2) is 35.1 Å². The van der Waals surface area contributed by atoms with Crippen LogP contribution in [0.25, 0.3) is 11.3 Å². The predicted octanol–water partition coefficient (Wildman–Crippen LogP) is 3.55. The third-order valence-electron chi connectivity index (χ3n) is 3.83. The first kappa shape index (κ1) is 15.5. The van der Waals surface area contributed by atoms with Gasteiger partial charge in [0.25, 0.3) is 5.56 Å². The number of hydrogen-bond acceptors (Lipinski definition) is 2. The van der Waals surface area contributed by atoms with Crippen molar-refractivity contribution in [3.8, 4) is 11.3 Å². The minimum absolute atomic E-state index is 0.00488. The maximum Gasteiger partial charge on any atom is 0.252 e. The Hall–Kier alpha value is -1.87. The third kappa shape index (κ3) is 4.05. The Morgan fingerprint density at radius 3 is 2.57 bits per heavy atom. The fourth-order valence-electron chi connectivity index (χ4n) is 2.25. The number of nitrogens with one attached hydrogen (secondary N) is 2. The van der Waals surface area contributed by atoms with E-state index < -0.39 is 0 Å². The highest BCUT2D eigenvalue weighted by Crippen LogP contribution is 2.19. The van der Waals surface area contributed by atoms with Gasteiger partial charge >= 0.3 is 0 Å². The number of benzene rings is 1. The van der Waals surface area contributed by atoms with E-state index >= 15 is 0 Å². The molecule has 2 aromatic rings. The molecule has 0 amide bonds. The van der Waals surface area contributed by atoms with Crippen molar-refractivity contribution in [3.05, 3.63) is 57.4 Å². The van der Waals surface area contributed by atoms with Gasteiger partial charge in [-0.2, -0.15) is 0 Å². The lowest BCUT2D eigenvalue weighted by Gasteiger charge is -2.07. The number of aromatic amines is 1. The molecule has 0 aliphatic heterocycles. The van der Waals surface area contributed by atoms with Gasteiger partial charge in [-0.05, 0) is 55.6 Å². The molecule has 112 valence electrons. The quantitative estimate of drug-likeness (QED) is 0.797. The van der Waals surface area contributed by atoms with Crippen LogP contribution in [0.5, 0.6) is 0 Å². The molecule has 0 saturated carbocycles. The molecule has 1 aromatic heterocycles. The second-order valence-electron chi connectivity index (χ2n) is 5.56. The van der Waals surface area contributed by atoms with Gasteiger partial charge < -0.3 is 10.3 Å². The van der Waals surface area contributed by atoms with Crippen molar-refractivity contribution in [1.82, 2.24) is 10.3 Å². The minimum Gasteiger partial charge on any atom is -0.322 e. The largest absolute Gasteiger partial charge is 0.322 e. The zero-order valence-electron chi connectivity index (χ0n) is 13.1. The Kier molecular flexibility index (Phi) is 5.34. The van der Waals surface area contributed by atoms with Gasteiger partial charge in [-0.3, -0.25) is 4.79 Å². The number of pyridine rings is 1. The molecular weight excluding hydrogens is 260 g/mol. The van der Waals surface area contributed by atoms with E-state index in [4.69, 9.17) is 0 Å². The summed E-state index contributed by atoms with van der Waals surface area (Å²) in [5.41, 5.74) is 5.21. The lowest BCUT2D eigenvalue weighted by atomic mass is 10.0. The van der Waals surface area contributed by atoms with Crippen LogP contribution in [0.4, 0.5) is 0 Å². The van der Waals surface area contributed by atoms with Crippen molar-refractivity contribution in [2.24, 2.45) is 0 Å². The van der Waals surface area contributed by atoms with E-state index in [1.807, 2.05) is 18.2 Å². The molecule has 0 fully saturated rings. The van der Waals surface area contributed by atoms with E-state index in [9.17, 15) is 4.79 Å². The van der Waals surface area contributed by atoms with Gasteiger partial charge in [0.05, 0.1) is 0 Å². The molecule has 0 radical (unpaired) electrons. The normalized spacial score (nSPS) is 10.8. The van der Waals surface area contributed by atoms with Gasteiger partial charge in [-0.25, -0.2) is 0 Å². The van der Waals surface area contributed by atoms with Crippen LogP contribution in [0.3, 0.4) is 0 Å². The summed E-state index contributed by atoms with van der Waals surface area (Å²) in [6, 6.07) is 10.2. The van der Waals surface area contributed by atoms with Crippen LogP contribution in [0, 0.1) is 13.8 Å². The molecule has 0 aliphatic carbocycles. The Labute approximate surface area is 126 Å². The Bertz CT molecular complexity index is 659. The molecule has 3 heteroatoms. The SMILES string of the molecule is CCCCNCc1ccc(-c2ccc(C)c(C)c2)[nH]c1=O. The number of aryl methyl sites for hydroxylation is 2. The molecule has 1 aromatic carbocycles. The van der Waals surface area contributed by atoms with Crippen molar-refractivity contribution in [2.75, 3.05) is 6.54 Å². The zero-order valence-corrected chi connectivity index (χ0v) is 13.1. The van der Waals surface area contributed by atoms with Crippen LogP contribution in [-0.2, 0) is 6.54 Å². The Morgan fingerprint density at radius 1 is 1.10 bits per heavy atom. The minimum atomic E-state index is -0.00488. The summed E-state index contributed by atoms with van der Waals surface area (Å²) in [4.78, 5) is 15.1. The van der Waals surface area contributed by atoms with E-state index in [0.717, 1.165) is 36.2 Å². The van der Waals surface area contributed by atoms with Crippen molar-refractivity contribution < 1.29 is 0 Å². The summed E-state index contributed by atoms with van der Waals surface area (Å²) in [5, 5.41) is 3.30. The van der Waals surface area contributed by atoms with Crippen LogP contribution in [0.1, 0.15) is 36.5 Å². The lowest BCUT2D eigenvalue weighted by molar-refractivity contribution is 0.638. The molecule has 0 bridgehead atoms. The molecule has 0 unspecified atom stereocenters. The predicted molar refractivity (Wildman–Crippen MR) is 88.6 cm³/mol. The van der Waals surface area contributed by atoms with Crippen molar-refractivity contribution in [2.45, 2.75) is 40.2 Å². The molecule has 0 saturated heterocycles. The van der Waals surface area contributed by atoms with Crippen LogP contribution >= 0.6 is 0 Å².